The van der Waals surface area contributed by atoms with E-state index in [1.807, 2.05) is 0 Å². The van der Waals surface area contributed by atoms with Crippen LogP contribution in [0.2, 0.25) is 0 Å². The summed E-state index contributed by atoms with van der Waals surface area (Å²) in [4.78, 5) is 0. The normalized spacial score (nSPS) is 52.6. The molecule has 9 nitrogen and oxygen atoms in total. The minimum atomic E-state index is -2.52. The number of ether oxygens (including phenoxy) is 2. The van der Waals surface area contributed by atoms with Crippen LogP contribution >= 0.6 is 23.2 Å². The van der Waals surface area contributed by atoms with Crippen LogP contribution in [0.3, 0.4) is 0 Å². The summed E-state index contributed by atoms with van der Waals surface area (Å²) in [5.41, 5.74) is 0. The molecule has 0 bridgehead atoms. The smallest absolute Gasteiger partial charge is 0.214 e. The standard InChI is InChI=1S/C12H20Cl2O9/c13-1-3-6(17)11(20)12(21,23-3)10(14)9-8(19)7(18)5(16)4(2-15)22-9/h3-11,15-21H,1-2H2/t3-,4-,5+,6-,7+,8-,9?,10?,11+,12-/m1/s1. The third-order valence-electron chi connectivity index (χ3n) is 4.23. The first-order valence-electron chi connectivity index (χ1n) is 6.95. The van der Waals surface area contributed by atoms with Crippen molar-refractivity contribution in [2.45, 2.75) is 60.0 Å². The molecule has 10 atom stereocenters. The lowest BCUT2D eigenvalue weighted by Gasteiger charge is -2.44. The van der Waals surface area contributed by atoms with Gasteiger partial charge in [-0.3, -0.25) is 0 Å². The van der Waals surface area contributed by atoms with Crippen molar-refractivity contribution in [1.29, 1.82) is 0 Å². The first-order valence-corrected chi connectivity index (χ1v) is 7.93. The SMILES string of the molecule is OC[C@H]1OC(C(Cl)[C@@]2(O)O[C@H](CCl)[C@@H](O)[C@@H]2O)[C@H](O)[C@@H](O)[C@H]1O. The van der Waals surface area contributed by atoms with Gasteiger partial charge >= 0.3 is 0 Å². The Labute approximate surface area is 141 Å². The second kappa shape index (κ2) is 7.22. The molecule has 0 aromatic carbocycles. The Balaban J connectivity index is 2.23. The summed E-state index contributed by atoms with van der Waals surface area (Å²) >= 11 is 11.6. The molecule has 2 heterocycles. The number of aliphatic hydroxyl groups excluding tert-OH is 6. The number of rotatable bonds is 4. The van der Waals surface area contributed by atoms with E-state index in [2.05, 4.69) is 0 Å². The van der Waals surface area contributed by atoms with Crippen LogP contribution in [0.15, 0.2) is 0 Å². The molecule has 2 fully saturated rings. The lowest BCUT2D eigenvalue weighted by atomic mass is 9.89. The minimum Gasteiger partial charge on any atom is -0.394 e. The first kappa shape index (κ1) is 19.5. The molecule has 23 heavy (non-hydrogen) atoms. The summed E-state index contributed by atoms with van der Waals surface area (Å²) in [5, 5.41) is 67.2. The zero-order valence-electron chi connectivity index (χ0n) is 11.8. The molecule has 0 saturated carbocycles. The third-order valence-corrected chi connectivity index (χ3v) is 5.10. The Bertz CT molecular complexity index is 414. The molecule has 2 rings (SSSR count). The molecule has 2 saturated heterocycles. The Morgan fingerprint density at radius 1 is 0.957 bits per heavy atom. The highest BCUT2D eigenvalue weighted by Gasteiger charge is 2.61. The molecule has 7 N–H and O–H groups in total. The molecular formula is C12H20Cl2O9. The average molecular weight is 379 g/mol. The molecule has 11 heteroatoms. The summed E-state index contributed by atoms with van der Waals surface area (Å²) in [6.07, 6.45) is -12.3. The Hall–Kier alpha value is 0.220. The predicted molar refractivity (Wildman–Crippen MR) is 76.0 cm³/mol. The summed E-state index contributed by atoms with van der Waals surface area (Å²) in [5.74, 6) is -2.76. The molecule has 0 aliphatic carbocycles. The van der Waals surface area contributed by atoms with Gasteiger partial charge in [0.1, 0.15) is 54.2 Å². The van der Waals surface area contributed by atoms with E-state index >= 15 is 0 Å². The molecule has 2 aliphatic rings. The number of hydrogen-bond donors (Lipinski definition) is 7. The van der Waals surface area contributed by atoms with Crippen LogP contribution < -0.4 is 0 Å². The number of halogens is 2. The Morgan fingerprint density at radius 2 is 1.57 bits per heavy atom. The highest BCUT2D eigenvalue weighted by Crippen LogP contribution is 2.39. The predicted octanol–water partition coefficient (Wildman–Crippen LogP) is -3.52. The van der Waals surface area contributed by atoms with Gasteiger partial charge in [0.05, 0.1) is 12.5 Å². The van der Waals surface area contributed by atoms with Crippen molar-refractivity contribution < 1.29 is 45.2 Å². The molecule has 2 aliphatic heterocycles. The average Bonchev–Trinajstić information content (AvgIpc) is 2.77. The van der Waals surface area contributed by atoms with Gasteiger partial charge < -0.3 is 45.2 Å². The first-order chi connectivity index (χ1) is 10.7. The fourth-order valence-electron chi connectivity index (χ4n) is 2.79. The van der Waals surface area contributed by atoms with E-state index in [1.54, 1.807) is 0 Å². The zero-order valence-corrected chi connectivity index (χ0v) is 13.3. The van der Waals surface area contributed by atoms with Crippen LogP contribution in [0.25, 0.3) is 0 Å². The molecule has 0 aromatic rings. The van der Waals surface area contributed by atoms with Gasteiger partial charge in [-0.1, -0.05) is 0 Å². The van der Waals surface area contributed by atoms with Gasteiger partial charge in [0, 0.05) is 0 Å². The van der Waals surface area contributed by atoms with Gasteiger partial charge in [-0.15, -0.1) is 23.2 Å². The summed E-state index contributed by atoms with van der Waals surface area (Å²) in [6.45, 7) is -0.681. The van der Waals surface area contributed by atoms with Gasteiger partial charge in [-0.05, 0) is 0 Å². The van der Waals surface area contributed by atoms with Gasteiger partial charge in [0.2, 0.25) is 5.79 Å². The van der Waals surface area contributed by atoms with Crippen molar-refractivity contribution in [1.82, 2.24) is 0 Å². The molecule has 0 aromatic heterocycles. The lowest BCUT2D eigenvalue weighted by Crippen LogP contribution is -2.65. The Morgan fingerprint density at radius 3 is 2.04 bits per heavy atom. The van der Waals surface area contributed by atoms with Crippen LogP contribution in [-0.4, -0.2) is 108 Å². The summed E-state index contributed by atoms with van der Waals surface area (Å²) in [7, 11) is 0. The maximum Gasteiger partial charge on any atom is 0.214 e. The van der Waals surface area contributed by atoms with E-state index in [0.717, 1.165) is 0 Å². The fourth-order valence-corrected chi connectivity index (χ4v) is 3.42. The van der Waals surface area contributed by atoms with E-state index in [-0.39, 0.29) is 5.88 Å². The van der Waals surface area contributed by atoms with Crippen LogP contribution in [0.1, 0.15) is 0 Å². The number of hydrogen-bond acceptors (Lipinski definition) is 9. The summed E-state index contributed by atoms with van der Waals surface area (Å²) < 4.78 is 10.3. The van der Waals surface area contributed by atoms with Crippen LogP contribution in [-0.2, 0) is 9.47 Å². The summed E-state index contributed by atoms with van der Waals surface area (Å²) in [6, 6.07) is 0. The van der Waals surface area contributed by atoms with E-state index < -0.39 is 66.6 Å². The van der Waals surface area contributed by atoms with Crippen LogP contribution in [0, 0.1) is 0 Å². The van der Waals surface area contributed by atoms with E-state index in [4.69, 9.17) is 37.8 Å². The Kier molecular flexibility index (Phi) is 6.14. The highest BCUT2D eigenvalue weighted by atomic mass is 35.5. The van der Waals surface area contributed by atoms with Crippen molar-refractivity contribution in [2.24, 2.45) is 0 Å². The largest absolute Gasteiger partial charge is 0.394 e. The number of alkyl halides is 2. The van der Waals surface area contributed by atoms with Crippen LogP contribution in [0.4, 0.5) is 0 Å². The number of aliphatic hydroxyl groups is 7. The van der Waals surface area contributed by atoms with Crippen molar-refractivity contribution in [2.75, 3.05) is 12.5 Å². The van der Waals surface area contributed by atoms with Crippen molar-refractivity contribution >= 4 is 23.2 Å². The quantitative estimate of drug-likeness (QED) is 0.246. The van der Waals surface area contributed by atoms with Crippen LogP contribution in [0.5, 0.6) is 0 Å². The van der Waals surface area contributed by atoms with Crippen molar-refractivity contribution in [3.8, 4) is 0 Å². The monoisotopic (exact) mass is 378 g/mol. The molecule has 0 amide bonds. The van der Waals surface area contributed by atoms with Gasteiger partial charge in [-0.25, -0.2) is 0 Å². The molecular weight excluding hydrogens is 359 g/mol. The van der Waals surface area contributed by atoms with E-state index in [0.29, 0.717) is 0 Å². The second-order valence-electron chi connectivity index (χ2n) is 5.69. The fraction of sp³-hybridized carbons (Fsp3) is 1.00. The maximum atomic E-state index is 10.5. The topological polar surface area (TPSA) is 160 Å². The maximum absolute atomic E-state index is 10.5. The van der Waals surface area contributed by atoms with Gasteiger partial charge in [-0.2, -0.15) is 0 Å². The van der Waals surface area contributed by atoms with E-state index in [1.165, 1.54) is 0 Å². The van der Waals surface area contributed by atoms with E-state index in [9.17, 15) is 30.6 Å². The highest BCUT2D eigenvalue weighted by molar-refractivity contribution is 6.22. The second-order valence-corrected chi connectivity index (χ2v) is 6.47. The zero-order chi connectivity index (χ0) is 17.5. The molecule has 0 spiro atoms. The molecule has 0 radical (unpaired) electrons. The molecule has 2 unspecified atom stereocenters. The third kappa shape index (κ3) is 3.21. The molecule has 136 valence electrons. The van der Waals surface area contributed by atoms with Crippen molar-refractivity contribution in [3.63, 3.8) is 0 Å². The lowest BCUT2D eigenvalue weighted by molar-refractivity contribution is -0.277. The van der Waals surface area contributed by atoms with Gasteiger partial charge in [0.15, 0.2) is 0 Å². The minimum absolute atomic E-state index is 0.237. The van der Waals surface area contributed by atoms with Gasteiger partial charge in [0.25, 0.3) is 0 Å². The van der Waals surface area contributed by atoms with Crippen molar-refractivity contribution in [3.05, 3.63) is 0 Å².